The molecule has 0 amide bonds. The predicted octanol–water partition coefficient (Wildman–Crippen LogP) is 5.23. The number of anilines is 1. The van der Waals surface area contributed by atoms with Crippen molar-refractivity contribution in [3.63, 3.8) is 0 Å². The first-order valence-electron chi connectivity index (χ1n) is 7.44. The van der Waals surface area contributed by atoms with Gasteiger partial charge in [0, 0.05) is 5.02 Å². The number of hydrogen-bond acceptors (Lipinski definition) is 2. The first kappa shape index (κ1) is 14.3. The summed E-state index contributed by atoms with van der Waals surface area (Å²) >= 11 is 6.07. The molecule has 2 aromatic carbocycles. The molecule has 1 aliphatic rings. The molecule has 110 valence electrons. The van der Waals surface area contributed by atoms with Crippen LogP contribution >= 0.6 is 11.6 Å². The molecule has 21 heavy (non-hydrogen) atoms. The van der Waals surface area contributed by atoms with Crippen molar-refractivity contribution in [1.82, 2.24) is 0 Å². The van der Waals surface area contributed by atoms with E-state index in [9.17, 15) is 0 Å². The molecule has 3 heteroatoms. The fourth-order valence-electron chi connectivity index (χ4n) is 2.87. The van der Waals surface area contributed by atoms with E-state index in [2.05, 4.69) is 23.5 Å². The van der Waals surface area contributed by atoms with E-state index in [0.717, 1.165) is 29.3 Å². The summed E-state index contributed by atoms with van der Waals surface area (Å²) in [5.74, 6) is 0.912. The van der Waals surface area contributed by atoms with Gasteiger partial charge in [-0.3, -0.25) is 0 Å². The summed E-state index contributed by atoms with van der Waals surface area (Å²) in [5.41, 5.74) is 3.75. The summed E-state index contributed by atoms with van der Waals surface area (Å²) in [6, 6.07) is 14.6. The van der Waals surface area contributed by atoms with Crippen LogP contribution in [0, 0.1) is 0 Å². The molecule has 0 saturated heterocycles. The molecular weight excluding hydrogens is 282 g/mol. The Kier molecular flexibility index (Phi) is 4.07. The summed E-state index contributed by atoms with van der Waals surface area (Å²) in [4.78, 5) is 0. The lowest BCUT2D eigenvalue weighted by Crippen LogP contribution is -2.11. The van der Waals surface area contributed by atoms with Crippen LogP contribution in [0.25, 0.3) is 0 Å². The molecule has 2 aromatic rings. The molecule has 0 radical (unpaired) electrons. The van der Waals surface area contributed by atoms with Crippen LogP contribution in [-0.2, 0) is 6.42 Å². The van der Waals surface area contributed by atoms with Crippen LogP contribution in [-0.4, -0.2) is 6.10 Å². The molecule has 0 heterocycles. The Morgan fingerprint density at radius 2 is 2.00 bits per heavy atom. The largest absolute Gasteiger partial charge is 0.489 e. The van der Waals surface area contributed by atoms with Gasteiger partial charge in [-0.2, -0.15) is 0 Å². The molecule has 0 bridgehead atoms. The minimum atomic E-state index is 0.169. The Hall–Kier alpha value is -1.67. The monoisotopic (exact) mass is 301 g/mol. The smallest absolute Gasteiger partial charge is 0.142 e. The minimum absolute atomic E-state index is 0.169. The van der Waals surface area contributed by atoms with Crippen LogP contribution in [0.2, 0.25) is 5.02 Å². The van der Waals surface area contributed by atoms with E-state index in [4.69, 9.17) is 16.3 Å². The predicted molar refractivity (Wildman–Crippen MR) is 88.3 cm³/mol. The molecule has 1 aliphatic carbocycles. The molecule has 1 unspecified atom stereocenters. The fraction of sp³-hybridized carbons (Fsp3) is 0.333. The van der Waals surface area contributed by atoms with Gasteiger partial charge in [0.05, 0.1) is 17.8 Å². The third kappa shape index (κ3) is 3.16. The van der Waals surface area contributed by atoms with Crippen LogP contribution in [0.5, 0.6) is 5.75 Å². The van der Waals surface area contributed by atoms with Gasteiger partial charge in [-0.15, -0.1) is 0 Å². The Morgan fingerprint density at radius 1 is 1.19 bits per heavy atom. The van der Waals surface area contributed by atoms with E-state index in [1.165, 1.54) is 11.1 Å². The Balaban J connectivity index is 1.83. The summed E-state index contributed by atoms with van der Waals surface area (Å²) in [7, 11) is 0. The SMILES string of the molecule is CC(C)Oc1ccccc1NC1CCc2cc(Cl)ccc21. The van der Waals surface area contributed by atoms with Crippen molar-refractivity contribution in [3.05, 3.63) is 58.6 Å². The average Bonchev–Trinajstić information content (AvgIpc) is 2.83. The van der Waals surface area contributed by atoms with E-state index < -0.39 is 0 Å². The number of aryl methyl sites for hydroxylation is 1. The van der Waals surface area contributed by atoms with E-state index in [1.807, 2.05) is 38.1 Å². The van der Waals surface area contributed by atoms with Crippen LogP contribution < -0.4 is 10.1 Å². The zero-order valence-electron chi connectivity index (χ0n) is 12.4. The van der Waals surface area contributed by atoms with Crippen LogP contribution in [0.3, 0.4) is 0 Å². The topological polar surface area (TPSA) is 21.3 Å². The molecule has 2 nitrogen and oxygen atoms in total. The number of para-hydroxylation sites is 2. The number of nitrogens with one attached hydrogen (secondary N) is 1. The van der Waals surface area contributed by atoms with E-state index in [1.54, 1.807) is 0 Å². The van der Waals surface area contributed by atoms with Crippen molar-refractivity contribution < 1.29 is 4.74 Å². The molecule has 0 aromatic heterocycles. The summed E-state index contributed by atoms with van der Waals surface area (Å²) in [6.45, 7) is 4.09. The van der Waals surface area contributed by atoms with E-state index >= 15 is 0 Å². The molecule has 0 saturated carbocycles. The fourth-order valence-corrected chi connectivity index (χ4v) is 3.06. The van der Waals surface area contributed by atoms with Crippen molar-refractivity contribution >= 4 is 17.3 Å². The lowest BCUT2D eigenvalue weighted by molar-refractivity contribution is 0.243. The number of fused-ring (bicyclic) bond motifs is 1. The van der Waals surface area contributed by atoms with Crippen molar-refractivity contribution in [2.45, 2.75) is 38.8 Å². The van der Waals surface area contributed by atoms with Crippen LogP contribution in [0.1, 0.15) is 37.4 Å². The third-order valence-electron chi connectivity index (χ3n) is 3.76. The van der Waals surface area contributed by atoms with Crippen molar-refractivity contribution in [1.29, 1.82) is 0 Å². The Bertz CT molecular complexity index is 639. The van der Waals surface area contributed by atoms with Gasteiger partial charge in [-0.25, -0.2) is 0 Å². The zero-order valence-corrected chi connectivity index (χ0v) is 13.2. The Morgan fingerprint density at radius 3 is 2.81 bits per heavy atom. The lowest BCUT2D eigenvalue weighted by Gasteiger charge is -2.20. The minimum Gasteiger partial charge on any atom is -0.489 e. The van der Waals surface area contributed by atoms with Gasteiger partial charge in [-0.1, -0.05) is 29.8 Å². The average molecular weight is 302 g/mol. The van der Waals surface area contributed by atoms with Gasteiger partial charge in [0.2, 0.25) is 0 Å². The highest BCUT2D eigenvalue weighted by Gasteiger charge is 2.23. The standard InChI is InChI=1S/C18H20ClNO/c1-12(2)21-18-6-4-3-5-17(18)20-16-10-7-13-11-14(19)8-9-15(13)16/h3-6,8-9,11-12,16,20H,7,10H2,1-2H3. The molecule has 1 atom stereocenters. The number of hydrogen-bond donors (Lipinski definition) is 1. The lowest BCUT2D eigenvalue weighted by atomic mass is 10.1. The van der Waals surface area contributed by atoms with Crippen LogP contribution in [0.4, 0.5) is 5.69 Å². The van der Waals surface area contributed by atoms with Crippen LogP contribution in [0.15, 0.2) is 42.5 Å². The van der Waals surface area contributed by atoms with Gasteiger partial charge in [0.25, 0.3) is 0 Å². The number of rotatable bonds is 4. The molecule has 0 fully saturated rings. The number of benzene rings is 2. The number of ether oxygens (including phenoxy) is 1. The summed E-state index contributed by atoms with van der Waals surface area (Å²) in [5, 5.41) is 4.44. The highest BCUT2D eigenvalue weighted by Crippen LogP contribution is 2.37. The molecule has 0 spiro atoms. The maximum absolute atomic E-state index is 6.07. The molecular formula is C18H20ClNO. The van der Waals surface area contributed by atoms with Gasteiger partial charge in [-0.05, 0) is 62.1 Å². The normalized spacial score (nSPS) is 16.9. The molecule has 3 rings (SSSR count). The maximum Gasteiger partial charge on any atom is 0.142 e. The highest BCUT2D eigenvalue weighted by molar-refractivity contribution is 6.30. The van der Waals surface area contributed by atoms with E-state index in [-0.39, 0.29) is 6.10 Å². The number of halogens is 1. The van der Waals surface area contributed by atoms with Crippen molar-refractivity contribution in [2.75, 3.05) is 5.32 Å². The molecule has 0 aliphatic heterocycles. The van der Waals surface area contributed by atoms with Gasteiger partial charge in [0.1, 0.15) is 5.75 Å². The second-order valence-corrected chi connectivity index (χ2v) is 6.18. The van der Waals surface area contributed by atoms with Gasteiger partial charge in [0.15, 0.2) is 0 Å². The molecule has 1 N–H and O–H groups in total. The third-order valence-corrected chi connectivity index (χ3v) is 4.00. The first-order valence-corrected chi connectivity index (χ1v) is 7.82. The summed E-state index contributed by atoms with van der Waals surface area (Å²) in [6.07, 6.45) is 2.33. The highest BCUT2D eigenvalue weighted by atomic mass is 35.5. The van der Waals surface area contributed by atoms with Crippen molar-refractivity contribution in [3.8, 4) is 5.75 Å². The summed E-state index contributed by atoms with van der Waals surface area (Å²) < 4.78 is 5.88. The second kappa shape index (κ2) is 5.98. The maximum atomic E-state index is 6.07. The first-order chi connectivity index (χ1) is 10.1. The van der Waals surface area contributed by atoms with Gasteiger partial charge < -0.3 is 10.1 Å². The quantitative estimate of drug-likeness (QED) is 0.835. The van der Waals surface area contributed by atoms with Crippen molar-refractivity contribution in [2.24, 2.45) is 0 Å². The Labute approximate surface area is 131 Å². The second-order valence-electron chi connectivity index (χ2n) is 5.74. The zero-order chi connectivity index (χ0) is 14.8. The van der Waals surface area contributed by atoms with Gasteiger partial charge >= 0.3 is 0 Å². The van der Waals surface area contributed by atoms with E-state index in [0.29, 0.717) is 6.04 Å².